The van der Waals surface area contributed by atoms with Gasteiger partial charge >= 0.3 is 19.8 Å². The first-order valence-electron chi connectivity index (χ1n) is 10.3. The molecule has 0 aromatic carbocycles. The Morgan fingerprint density at radius 1 is 0.906 bits per heavy atom. The summed E-state index contributed by atoms with van der Waals surface area (Å²) < 4.78 is 25.0. The number of ether oxygens (including phenoxy) is 2. The minimum absolute atomic E-state index is 0.0545. The number of unbranched alkanes of at least 4 members (excludes halogenated alkanes) is 8. The summed E-state index contributed by atoms with van der Waals surface area (Å²) in [4.78, 5) is 41.3. The lowest BCUT2D eigenvalue weighted by molar-refractivity contribution is -0.177. The summed E-state index contributed by atoms with van der Waals surface area (Å²) in [5.41, 5.74) is 0. The van der Waals surface area contributed by atoms with Crippen LogP contribution in [0.5, 0.6) is 0 Å². The molecule has 0 fully saturated rings. The van der Waals surface area contributed by atoms with Crippen molar-refractivity contribution in [2.75, 3.05) is 6.61 Å². The molecular formula is C23H29O8P. The first-order valence-corrected chi connectivity index (χ1v) is 11.9. The van der Waals surface area contributed by atoms with Crippen LogP contribution in [-0.4, -0.2) is 34.6 Å². The van der Waals surface area contributed by atoms with Gasteiger partial charge in [-0.3, -0.25) is 4.79 Å². The molecule has 1 atom stereocenters. The van der Waals surface area contributed by atoms with E-state index < -0.39 is 32.7 Å². The molecule has 0 saturated carbocycles. The SMILES string of the molecule is C#CC#CC#CC#CC(=O)OC[C@H](OC(=O)CCCCCCCCCCC)OP(=O)(O)O. The minimum Gasteiger partial charge on any atom is -0.449 e. The van der Waals surface area contributed by atoms with Gasteiger partial charge in [-0.05, 0) is 41.9 Å². The second-order valence-corrected chi connectivity index (χ2v) is 7.78. The summed E-state index contributed by atoms with van der Waals surface area (Å²) in [6, 6.07) is 0. The van der Waals surface area contributed by atoms with Gasteiger partial charge < -0.3 is 19.3 Å². The standard InChI is InChI=1S/C23H29O8P/c1-3-5-7-9-11-12-13-15-17-19-22(25)30-23(31-32(26,27)28)20-29-21(24)18-16-14-10-8-6-4-2/h2,23H,3,5,7,9,11-13,15,17,19-20H2,1H3,(H2,26,27,28)/t23-/m1/s1. The molecule has 0 aromatic rings. The van der Waals surface area contributed by atoms with Crippen LogP contribution in [0.15, 0.2) is 0 Å². The van der Waals surface area contributed by atoms with Crippen LogP contribution >= 0.6 is 7.82 Å². The van der Waals surface area contributed by atoms with Crippen molar-refractivity contribution in [3.05, 3.63) is 0 Å². The highest BCUT2D eigenvalue weighted by molar-refractivity contribution is 7.46. The molecule has 0 aromatic heterocycles. The Morgan fingerprint density at radius 3 is 2.06 bits per heavy atom. The average Bonchev–Trinajstić information content (AvgIpc) is 2.72. The maximum atomic E-state index is 11.9. The van der Waals surface area contributed by atoms with Crippen molar-refractivity contribution >= 4 is 19.8 Å². The molecular weight excluding hydrogens is 435 g/mol. The number of phosphoric ester groups is 1. The van der Waals surface area contributed by atoms with Crippen LogP contribution in [-0.2, 0) is 28.2 Å². The number of esters is 2. The molecule has 0 aliphatic rings. The summed E-state index contributed by atoms with van der Waals surface area (Å²) >= 11 is 0. The number of terminal acetylenes is 1. The van der Waals surface area contributed by atoms with Crippen LogP contribution in [0.4, 0.5) is 0 Å². The van der Waals surface area contributed by atoms with Gasteiger partial charge in [0, 0.05) is 12.3 Å². The third kappa shape index (κ3) is 20.6. The van der Waals surface area contributed by atoms with E-state index in [1.807, 2.05) is 11.8 Å². The van der Waals surface area contributed by atoms with Gasteiger partial charge in [0.1, 0.15) is 0 Å². The topological polar surface area (TPSA) is 119 Å². The summed E-state index contributed by atoms with van der Waals surface area (Å²) in [5, 5.41) is 0. The van der Waals surface area contributed by atoms with E-state index in [1.54, 1.807) is 0 Å². The van der Waals surface area contributed by atoms with E-state index in [1.165, 1.54) is 32.1 Å². The second-order valence-electron chi connectivity index (χ2n) is 6.59. The quantitative estimate of drug-likeness (QED) is 0.0948. The predicted molar refractivity (Wildman–Crippen MR) is 118 cm³/mol. The third-order valence-electron chi connectivity index (χ3n) is 3.84. The van der Waals surface area contributed by atoms with Gasteiger partial charge in [0.05, 0.1) is 0 Å². The molecule has 0 radical (unpaired) electrons. The molecule has 0 amide bonds. The lowest BCUT2D eigenvalue weighted by Crippen LogP contribution is -2.27. The second kappa shape index (κ2) is 19.0. The first-order chi connectivity index (χ1) is 15.3. The van der Waals surface area contributed by atoms with Gasteiger partial charge in [-0.25, -0.2) is 13.9 Å². The molecule has 0 heterocycles. The predicted octanol–water partition coefficient (Wildman–Crippen LogP) is 3.07. The molecule has 0 aliphatic carbocycles. The largest absolute Gasteiger partial charge is 0.472 e. The lowest BCUT2D eigenvalue weighted by Gasteiger charge is -2.18. The van der Waals surface area contributed by atoms with Crippen molar-refractivity contribution < 1.29 is 37.9 Å². The molecule has 174 valence electrons. The van der Waals surface area contributed by atoms with Crippen LogP contribution < -0.4 is 0 Å². The Bertz CT molecular complexity index is 848. The van der Waals surface area contributed by atoms with E-state index >= 15 is 0 Å². The number of hydrogen-bond acceptors (Lipinski definition) is 6. The first kappa shape index (κ1) is 29.3. The number of rotatable bonds is 15. The maximum Gasteiger partial charge on any atom is 0.472 e. The number of phosphoric acid groups is 1. The summed E-state index contributed by atoms with van der Waals surface area (Å²) in [5.74, 6) is 13.5. The van der Waals surface area contributed by atoms with Gasteiger partial charge in [-0.2, -0.15) is 0 Å². The minimum atomic E-state index is -4.99. The molecule has 0 bridgehead atoms. The fraction of sp³-hybridized carbons (Fsp3) is 0.565. The molecule has 0 spiro atoms. The fourth-order valence-corrected chi connectivity index (χ4v) is 2.83. The van der Waals surface area contributed by atoms with Gasteiger partial charge in [0.2, 0.25) is 6.29 Å². The summed E-state index contributed by atoms with van der Waals surface area (Å²) in [6.07, 6.45) is 12.8. The van der Waals surface area contributed by atoms with E-state index in [2.05, 4.69) is 45.8 Å². The van der Waals surface area contributed by atoms with E-state index in [9.17, 15) is 14.2 Å². The smallest absolute Gasteiger partial charge is 0.449 e. The van der Waals surface area contributed by atoms with Crippen molar-refractivity contribution in [2.45, 2.75) is 77.4 Å². The van der Waals surface area contributed by atoms with E-state index in [0.29, 0.717) is 6.42 Å². The summed E-state index contributed by atoms with van der Waals surface area (Å²) in [6.45, 7) is 1.43. The molecule has 0 aliphatic heterocycles. The zero-order chi connectivity index (χ0) is 24.1. The van der Waals surface area contributed by atoms with Gasteiger partial charge in [-0.1, -0.05) is 58.3 Å². The molecule has 32 heavy (non-hydrogen) atoms. The molecule has 0 rings (SSSR count). The van der Waals surface area contributed by atoms with Crippen molar-refractivity contribution in [3.8, 4) is 47.9 Å². The van der Waals surface area contributed by atoms with Crippen molar-refractivity contribution in [2.24, 2.45) is 0 Å². The van der Waals surface area contributed by atoms with E-state index in [4.69, 9.17) is 20.9 Å². The van der Waals surface area contributed by atoms with Crippen LogP contribution in [0.3, 0.4) is 0 Å². The van der Waals surface area contributed by atoms with Crippen LogP contribution in [0.2, 0.25) is 0 Å². The fourth-order valence-electron chi connectivity index (χ4n) is 2.42. The van der Waals surface area contributed by atoms with E-state index in [-0.39, 0.29) is 6.42 Å². The van der Waals surface area contributed by atoms with Crippen molar-refractivity contribution in [3.63, 3.8) is 0 Å². The zero-order valence-electron chi connectivity index (χ0n) is 18.2. The van der Waals surface area contributed by atoms with Gasteiger partial charge in [-0.15, -0.1) is 6.42 Å². The van der Waals surface area contributed by atoms with Gasteiger partial charge in [0.15, 0.2) is 6.61 Å². The number of hydrogen-bond donors (Lipinski definition) is 2. The monoisotopic (exact) mass is 464 g/mol. The average molecular weight is 464 g/mol. The number of carbonyl (C=O) groups is 2. The van der Waals surface area contributed by atoms with Crippen LogP contribution in [0.1, 0.15) is 71.1 Å². The Hall–Kier alpha value is -2.71. The molecule has 8 nitrogen and oxygen atoms in total. The van der Waals surface area contributed by atoms with Crippen LogP contribution in [0.25, 0.3) is 0 Å². The molecule has 9 heteroatoms. The maximum absolute atomic E-state index is 11.9. The highest BCUT2D eigenvalue weighted by Gasteiger charge is 2.26. The Morgan fingerprint density at radius 2 is 1.47 bits per heavy atom. The summed E-state index contributed by atoms with van der Waals surface area (Å²) in [7, 11) is -4.99. The van der Waals surface area contributed by atoms with Crippen molar-refractivity contribution in [1.82, 2.24) is 0 Å². The molecule has 2 N–H and O–H groups in total. The normalized spacial score (nSPS) is 10.7. The van der Waals surface area contributed by atoms with Crippen molar-refractivity contribution in [1.29, 1.82) is 0 Å². The highest BCUT2D eigenvalue weighted by atomic mass is 31.2. The van der Waals surface area contributed by atoms with Crippen LogP contribution in [0, 0.1) is 47.9 Å². The highest BCUT2D eigenvalue weighted by Crippen LogP contribution is 2.38. The van der Waals surface area contributed by atoms with E-state index in [0.717, 1.165) is 19.3 Å². The zero-order valence-corrected chi connectivity index (χ0v) is 19.1. The Kier molecular flexibility index (Phi) is 17.4. The lowest BCUT2D eigenvalue weighted by atomic mass is 10.1. The number of carbonyl (C=O) groups excluding carboxylic acids is 2. The van der Waals surface area contributed by atoms with Gasteiger partial charge in [0.25, 0.3) is 0 Å². The third-order valence-corrected chi connectivity index (χ3v) is 4.35. The Balaban J connectivity index is 4.35. The molecule has 0 saturated heterocycles. The Labute approximate surface area is 190 Å². The molecule has 0 unspecified atom stereocenters.